The quantitative estimate of drug-likeness (QED) is 0.414. The number of carbonyl (C=O) groups excluding carboxylic acids is 1. The first-order chi connectivity index (χ1) is 9.26. The molecule has 0 amide bonds. The molecule has 0 aliphatic carbocycles. The van der Waals surface area contributed by atoms with Gasteiger partial charge in [0, 0.05) is 6.61 Å². The van der Waals surface area contributed by atoms with Gasteiger partial charge in [0.15, 0.2) is 0 Å². The van der Waals surface area contributed by atoms with Gasteiger partial charge >= 0.3 is 5.97 Å². The average molecular weight is 273 g/mol. The number of esters is 1. The summed E-state index contributed by atoms with van der Waals surface area (Å²) in [7, 11) is 0. The predicted octanol–water partition coefficient (Wildman–Crippen LogP) is 2.90. The molecule has 4 nitrogen and oxygen atoms in total. The number of hydrogen-bond donors (Lipinski definition) is 1. The predicted molar refractivity (Wildman–Crippen MR) is 78.3 cm³/mol. The molecule has 19 heavy (non-hydrogen) atoms. The van der Waals surface area contributed by atoms with Gasteiger partial charge in [-0.15, -0.1) is 0 Å². The zero-order chi connectivity index (χ0) is 14.3. The molecule has 4 heteroatoms. The fourth-order valence-corrected chi connectivity index (χ4v) is 1.78. The fourth-order valence-electron chi connectivity index (χ4n) is 1.78. The van der Waals surface area contributed by atoms with Crippen molar-refractivity contribution in [3.63, 3.8) is 0 Å². The molecule has 0 aliphatic rings. The van der Waals surface area contributed by atoms with Crippen LogP contribution in [0.4, 0.5) is 0 Å². The van der Waals surface area contributed by atoms with Crippen molar-refractivity contribution in [1.82, 2.24) is 5.32 Å². The Bertz CT molecular complexity index is 210. The van der Waals surface area contributed by atoms with Gasteiger partial charge < -0.3 is 14.8 Å². The smallest absolute Gasteiger partial charge is 0.325 e. The number of ether oxygens (including phenoxy) is 2. The van der Waals surface area contributed by atoms with E-state index < -0.39 is 0 Å². The molecule has 0 rings (SSSR count). The maximum atomic E-state index is 11.7. The van der Waals surface area contributed by atoms with Crippen LogP contribution in [0.25, 0.3) is 0 Å². The number of carbonyl (C=O) groups is 1. The lowest BCUT2D eigenvalue weighted by Crippen LogP contribution is -2.42. The molecule has 0 saturated carbocycles. The minimum absolute atomic E-state index is 0.207. The minimum Gasteiger partial charge on any atom is -0.465 e. The summed E-state index contributed by atoms with van der Waals surface area (Å²) in [6.07, 6.45) is 7.10. The summed E-state index contributed by atoms with van der Waals surface area (Å²) >= 11 is 0. The second-order valence-corrected chi connectivity index (χ2v) is 4.75. The second kappa shape index (κ2) is 13.8. The third kappa shape index (κ3) is 11.0. The lowest BCUT2D eigenvalue weighted by Gasteiger charge is -2.17. The summed E-state index contributed by atoms with van der Waals surface area (Å²) in [6, 6.07) is -0.324. The Balaban J connectivity index is 3.70. The molecule has 0 spiro atoms. The van der Waals surface area contributed by atoms with Crippen LogP contribution in [0, 0.1) is 0 Å². The molecule has 0 fully saturated rings. The van der Waals surface area contributed by atoms with Crippen LogP contribution in [0.5, 0.6) is 0 Å². The van der Waals surface area contributed by atoms with Crippen LogP contribution < -0.4 is 5.32 Å². The third-order valence-electron chi connectivity index (χ3n) is 2.89. The van der Waals surface area contributed by atoms with Gasteiger partial charge in [0.05, 0.1) is 13.2 Å². The molecular formula is C15H31NO3. The van der Waals surface area contributed by atoms with Crippen molar-refractivity contribution in [2.45, 2.75) is 65.3 Å². The highest BCUT2D eigenvalue weighted by Gasteiger charge is 2.18. The van der Waals surface area contributed by atoms with Crippen molar-refractivity contribution in [1.29, 1.82) is 0 Å². The maximum absolute atomic E-state index is 11.7. The van der Waals surface area contributed by atoms with Crippen LogP contribution in [-0.4, -0.2) is 38.4 Å². The van der Waals surface area contributed by atoms with Crippen molar-refractivity contribution >= 4 is 5.97 Å². The molecule has 0 aliphatic heterocycles. The Kier molecular flexibility index (Phi) is 13.4. The van der Waals surface area contributed by atoms with Gasteiger partial charge in [0.25, 0.3) is 0 Å². The average Bonchev–Trinajstić information content (AvgIpc) is 2.41. The van der Waals surface area contributed by atoms with Crippen LogP contribution in [0.15, 0.2) is 0 Å². The summed E-state index contributed by atoms with van der Waals surface area (Å²) in [4.78, 5) is 11.7. The number of hydrogen-bond acceptors (Lipinski definition) is 4. The molecule has 1 N–H and O–H groups in total. The van der Waals surface area contributed by atoms with Gasteiger partial charge in [0.1, 0.15) is 6.04 Å². The first-order valence-corrected chi connectivity index (χ1v) is 7.73. The van der Waals surface area contributed by atoms with E-state index in [1.54, 1.807) is 0 Å². The van der Waals surface area contributed by atoms with Crippen molar-refractivity contribution in [3.05, 3.63) is 0 Å². The summed E-state index contributed by atoms with van der Waals surface area (Å²) in [5, 5.41) is 3.17. The molecule has 0 saturated heterocycles. The number of nitrogens with one attached hydrogen (secondary N) is 1. The van der Waals surface area contributed by atoms with Gasteiger partial charge in [-0.25, -0.2) is 0 Å². The first-order valence-electron chi connectivity index (χ1n) is 7.73. The Morgan fingerprint density at radius 2 is 1.79 bits per heavy atom. The van der Waals surface area contributed by atoms with Crippen molar-refractivity contribution in [3.8, 4) is 0 Å². The maximum Gasteiger partial charge on any atom is 0.325 e. The normalized spacial score (nSPS) is 12.4. The third-order valence-corrected chi connectivity index (χ3v) is 2.89. The van der Waals surface area contributed by atoms with Gasteiger partial charge in [-0.1, -0.05) is 39.5 Å². The van der Waals surface area contributed by atoms with Gasteiger partial charge in [0.2, 0.25) is 0 Å². The SMILES string of the molecule is CCCCCCCOCC(NCCC)C(=O)OCC. The van der Waals surface area contributed by atoms with E-state index in [-0.39, 0.29) is 12.0 Å². The second-order valence-electron chi connectivity index (χ2n) is 4.75. The molecule has 0 aromatic rings. The molecule has 0 bridgehead atoms. The molecule has 114 valence electrons. The van der Waals surface area contributed by atoms with E-state index >= 15 is 0 Å². The van der Waals surface area contributed by atoms with E-state index in [0.717, 1.165) is 26.0 Å². The van der Waals surface area contributed by atoms with Crippen molar-refractivity contribution < 1.29 is 14.3 Å². The summed E-state index contributed by atoms with van der Waals surface area (Å²) in [5.74, 6) is -0.207. The van der Waals surface area contributed by atoms with Crippen LogP contribution in [-0.2, 0) is 14.3 Å². The fraction of sp³-hybridized carbons (Fsp3) is 0.933. The van der Waals surface area contributed by atoms with Gasteiger partial charge in [-0.2, -0.15) is 0 Å². The molecule has 1 unspecified atom stereocenters. The van der Waals surface area contributed by atoms with E-state index in [1.165, 1.54) is 25.7 Å². The lowest BCUT2D eigenvalue weighted by atomic mass is 10.2. The molecule has 0 heterocycles. The molecule has 0 radical (unpaired) electrons. The molecular weight excluding hydrogens is 242 g/mol. The highest BCUT2D eigenvalue weighted by Crippen LogP contribution is 2.02. The Hall–Kier alpha value is -0.610. The zero-order valence-corrected chi connectivity index (χ0v) is 12.9. The van der Waals surface area contributed by atoms with Crippen molar-refractivity contribution in [2.24, 2.45) is 0 Å². The highest BCUT2D eigenvalue weighted by molar-refractivity contribution is 5.75. The van der Waals surface area contributed by atoms with Crippen LogP contribution in [0.3, 0.4) is 0 Å². The van der Waals surface area contributed by atoms with E-state index in [0.29, 0.717) is 13.2 Å². The highest BCUT2D eigenvalue weighted by atomic mass is 16.5. The summed E-state index contributed by atoms with van der Waals surface area (Å²) in [6.45, 7) is 8.47. The van der Waals surface area contributed by atoms with Gasteiger partial charge in [-0.05, 0) is 26.3 Å². The van der Waals surface area contributed by atoms with E-state index in [9.17, 15) is 4.79 Å². The van der Waals surface area contributed by atoms with Gasteiger partial charge in [-0.3, -0.25) is 4.79 Å². The topological polar surface area (TPSA) is 47.6 Å². The largest absolute Gasteiger partial charge is 0.465 e. The Morgan fingerprint density at radius 3 is 2.42 bits per heavy atom. The molecule has 0 aromatic carbocycles. The van der Waals surface area contributed by atoms with Crippen LogP contribution in [0.2, 0.25) is 0 Å². The molecule has 0 aromatic heterocycles. The minimum atomic E-state index is -0.324. The summed E-state index contributed by atoms with van der Waals surface area (Å²) in [5.41, 5.74) is 0. The monoisotopic (exact) mass is 273 g/mol. The lowest BCUT2D eigenvalue weighted by molar-refractivity contribution is -0.147. The van der Waals surface area contributed by atoms with E-state index in [4.69, 9.17) is 9.47 Å². The standard InChI is InChI=1S/C15H31NO3/c1-4-7-8-9-10-12-18-13-14(16-11-5-2)15(17)19-6-3/h14,16H,4-13H2,1-3H3. The Morgan fingerprint density at radius 1 is 1.05 bits per heavy atom. The van der Waals surface area contributed by atoms with Crippen molar-refractivity contribution in [2.75, 3.05) is 26.4 Å². The molecule has 1 atom stereocenters. The Labute approximate surface area is 118 Å². The van der Waals surface area contributed by atoms with Crippen LogP contribution in [0.1, 0.15) is 59.3 Å². The first kappa shape index (κ1) is 18.4. The zero-order valence-electron chi connectivity index (χ0n) is 12.9. The summed E-state index contributed by atoms with van der Waals surface area (Å²) < 4.78 is 10.6. The number of unbranched alkanes of at least 4 members (excludes halogenated alkanes) is 4. The van der Waals surface area contributed by atoms with E-state index in [2.05, 4.69) is 19.2 Å². The van der Waals surface area contributed by atoms with Crippen LogP contribution >= 0.6 is 0 Å². The van der Waals surface area contributed by atoms with E-state index in [1.807, 2.05) is 6.92 Å². The number of rotatable bonds is 13.